The molecule has 1 aromatic carbocycles. The third kappa shape index (κ3) is 2.74. The van der Waals surface area contributed by atoms with Gasteiger partial charge in [0.25, 0.3) is 0 Å². The number of ether oxygens (including phenoxy) is 1. The highest BCUT2D eigenvalue weighted by Crippen LogP contribution is 2.31. The van der Waals surface area contributed by atoms with E-state index in [0.29, 0.717) is 10.1 Å². The van der Waals surface area contributed by atoms with E-state index in [2.05, 4.69) is 0 Å². The number of carboxylic acids is 1. The Balaban J connectivity index is 0.000000686. The molecule has 0 aliphatic carbocycles. The van der Waals surface area contributed by atoms with Crippen LogP contribution in [0.1, 0.15) is 23.5 Å². The first-order valence-corrected chi connectivity index (χ1v) is 5.94. The summed E-state index contributed by atoms with van der Waals surface area (Å²) in [6.45, 7) is 4.00. The van der Waals surface area contributed by atoms with Crippen LogP contribution in [0.3, 0.4) is 0 Å². The highest BCUT2D eigenvalue weighted by Gasteiger charge is 2.11. The molecule has 0 fully saturated rings. The molecule has 0 saturated heterocycles. The van der Waals surface area contributed by atoms with E-state index in [1.807, 2.05) is 13.8 Å². The first-order valence-electron chi connectivity index (χ1n) is 5.12. The van der Waals surface area contributed by atoms with Gasteiger partial charge >= 0.3 is 5.97 Å². The second-order valence-corrected chi connectivity index (χ2v) is 4.02. The first-order chi connectivity index (χ1) is 8.11. The van der Waals surface area contributed by atoms with E-state index in [1.165, 1.54) is 25.3 Å². The summed E-state index contributed by atoms with van der Waals surface area (Å²) < 4.78 is 18.8. The van der Waals surface area contributed by atoms with Gasteiger partial charge in [-0.1, -0.05) is 13.8 Å². The number of aromatic carboxylic acids is 1. The summed E-state index contributed by atoms with van der Waals surface area (Å²) in [5, 5.41) is 9.35. The van der Waals surface area contributed by atoms with E-state index >= 15 is 0 Å². The van der Waals surface area contributed by atoms with Crippen LogP contribution in [0.5, 0.6) is 5.75 Å². The summed E-state index contributed by atoms with van der Waals surface area (Å²) in [4.78, 5) is 10.9. The van der Waals surface area contributed by atoms with Crippen molar-refractivity contribution in [1.29, 1.82) is 0 Å². The fourth-order valence-corrected chi connectivity index (χ4v) is 2.21. The zero-order valence-electron chi connectivity index (χ0n) is 9.78. The lowest BCUT2D eigenvalue weighted by molar-refractivity contribution is 0.0702. The fraction of sp³-hybridized carbons (Fsp3) is 0.250. The predicted molar refractivity (Wildman–Crippen MR) is 66.6 cm³/mol. The molecule has 2 rings (SSSR count). The van der Waals surface area contributed by atoms with E-state index in [-0.39, 0.29) is 10.6 Å². The van der Waals surface area contributed by atoms with Crippen LogP contribution in [-0.4, -0.2) is 18.2 Å². The molecule has 0 spiro atoms. The number of rotatable bonds is 2. The number of carbonyl (C=O) groups is 1. The minimum absolute atomic E-state index is 0.126. The Morgan fingerprint density at radius 1 is 1.35 bits per heavy atom. The molecule has 1 aromatic heterocycles. The number of methoxy groups -OCH3 is 1. The maximum Gasteiger partial charge on any atom is 0.345 e. The van der Waals surface area contributed by atoms with Gasteiger partial charge in [-0.2, -0.15) is 0 Å². The van der Waals surface area contributed by atoms with Crippen LogP contribution >= 0.6 is 11.3 Å². The summed E-state index contributed by atoms with van der Waals surface area (Å²) in [6.07, 6.45) is 0. The number of thiophene rings is 1. The number of fused-ring (bicyclic) bond motifs is 1. The number of hydrogen-bond acceptors (Lipinski definition) is 3. The Kier molecular flexibility index (Phi) is 4.45. The Labute approximate surface area is 102 Å². The molecule has 17 heavy (non-hydrogen) atoms. The molecule has 0 unspecified atom stereocenters. The van der Waals surface area contributed by atoms with Gasteiger partial charge in [-0.15, -0.1) is 11.3 Å². The first kappa shape index (κ1) is 13.4. The van der Waals surface area contributed by atoms with E-state index < -0.39 is 11.8 Å². The van der Waals surface area contributed by atoms with Crippen molar-refractivity contribution in [3.63, 3.8) is 0 Å². The number of carboxylic acid groups (broad SMARTS) is 1. The van der Waals surface area contributed by atoms with Crippen LogP contribution in [0, 0.1) is 5.82 Å². The third-order valence-corrected chi connectivity index (χ3v) is 3.09. The number of hydrogen-bond donors (Lipinski definition) is 1. The topological polar surface area (TPSA) is 46.5 Å². The molecule has 0 aliphatic heterocycles. The monoisotopic (exact) mass is 256 g/mol. The Bertz CT molecular complexity index is 534. The summed E-state index contributed by atoms with van der Waals surface area (Å²) in [7, 11) is 1.37. The van der Waals surface area contributed by atoms with Gasteiger partial charge in [-0.05, 0) is 17.5 Å². The van der Waals surface area contributed by atoms with Gasteiger partial charge < -0.3 is 9.84 Å². The van der Waals surface area contributed by atoms with Crippen molar-refractivity contribution >= 4 is 27.4 Å². The van der Waals surface area contributed by atoms with Crippen LogP contribution in [0.2, 0.25) is 0 Å². The summed E-state index contributed by atoms with van der Waals surface area (Å²) in [6, 6.07) is 4.23. The van der Waals surface area contributed by atoms with Gasteiger partial charge in [0.15, 0.2) is 11.6 Å². The summed E-state index contributed by atoms with van der Waals surface area (Å²) in [5.41, 5.74) is 0. The van der Waals surface area contributed by atoms with Gasteiger partial charge in [-0.25, -0.2) is 9.18 Å². The molecule has 0 radical (unpaired) electrons. The lowest BCUT2D eigenvalue weighted by Gasteiger charge is -2.00. The Morgan fingerprint density at radius 3 is 2.53 bits per heavy atom. The zero-order valence-corrected chi connectivity index (χ0v) is 10.6. The van der Waals surface area contributed by atoms with Crippen molar-refractivity contribution in [3.8, 4) is 5.75 Å². The summed E-state index contributed by atoms with van der Waals surface area (Å²) in [5.74, 6) is -1.36. The van der Waals surface area contributed by atoms with Crippen LogP contribution in [0.25, 0.3) is 10.1 Å². The normalized spacial score (nSPS) is 9.65. The van der Waals surface area contributed by atoms with Crippen molar-refractivity contribution in [2.75, 3.05) is 7.11 Å². The van der Waals surface area contributed by atoms with Gasteiger partial charge in [0.05, 0.1) is 7.11 Å². The van der Waals surface area contributed by atoms with Crippen molar-refractivity contribution in [2.45, 2.75) is 13.8 Å². The van der Waals surface area contributed by atoms with E-state index in [9.17, 15) is 9.18 Å². The quantitative estimate of drug-likeness (QED) is 0.889. The van der Waals surface area contributed by atoms with Crippen molar-refractivity contribution in [2.24, 2.45) is 0 Å². The third-order valence-electron chi connectivity index (χ3n) is 2.00. The van der Waals surface area contributed by atoms with Crippen LogP contribution < -0.4 is 4.74 Å². The molecule has 0 aliphatic rings. The molecule has 1 heterocycles. The molecule has 0 amide bonds. The minimum atomic E-state index is -1.00. The van der Waals surface area contributed by atoms with E-state index in [0.717, 1.165) is 11.3 Å². The van der Waals surface area contributed by atoms with Gasteiger partial charge in [-0.3, -0.25) is 0 Å². The number of benzene rings is 1. The lowest BCUT2D eigenvalue weighted by Crippen LogP contribution is -1.89. The highest BCUT2D eigenvalue weighted by molar-refractivity contribution is 7.20. The average molecular weight is 256 g/mol. The Morgan fingerprint density at radius 2 is 2.00 bits per heavy atom. The largest absolute Gasteiger partial charge is 0.494 e. The second-order valence-electron chi connectivity index (χ2n) is 2.94. The van der Waals surface area contributed by atoms with Gasteiger partial charge in [0.2, 0.25) is 0 Å². The zero-order chi connectivity index (χ0) is 13.0. The lowest BCUT2D eigenvalue weighted by atomic mass is 10.2. The molecule has 2 aromatic rings. The van der Waals surface area contributed by atoms with Crippen LogP contribution in [-0.2, 0) is 0 Å². The standard InChI is InChI=1S/C10H7FO3S.C2H6/c1-14-7-4-8-5(2-6(7)11)3-9(15-8)10(12)13;1-2/h2-4H,1H3,(H,12,13);1-2H3. The van der Waals surface area contributed by atoms with Crippen molar-refractivity contribution < 1.29 is 19.0 Å². The Hall–Kier alpha value is -1.62. The molecule has 0 bridgehead atoms. The van der Waals surface area contributed by atoms with Gasteiger partial charge in [0.1, 0.15) is 4.88 Å². The number of halogens is 1. The van der Waals surface area contributed by atoms with Crippen LogP contribution in [0.4, 0.5) is 4.39 Å². The molecule has 3 nitrogen and oxygen atoms in total. The maximum atomic E-state index is 13.3. The molecule has 0 atom stereocenters. The SMILES string of the molecule is CC.COc1cc2sc(C(=O)O)cc2cc1F. The van der Waals surface area contributed by atoms with Crippen LogP contribution in [0.15, 0.2) is 18.2 Å². The smallest absolute Gasteiger partial charge is 0.345 e. The van der Waals surface area contributed by atoms with Crippen molar-refractivity contribution in [3.05, 3.63) is 28.9 Å². The molecule has 0 saturated carbocycles. The highest BCUT2D eigenvalue weighted by atomic mass is 32.1. The summed E-state index contributed by atoms with van der Waals surface area (Å²) >= 11 is 1.10. The molecular weight excluding hydrogens is 243 g/mol. The molecule has 1 N–H and O–H groups in total. The minimum Gasteiger partial charge on any atom is -0.494 e. The van der Waals surface area contributed by atoms with E-state index in [4.69, 9.17) is 9.84 Å². The predicted octanol–water partition coefficient (Wildman–Crippen LogP) is 3.77. The average Bonchev–Trinajstić information content (AvgIpc) is 2.73. The van der Waals surface area contributed by atoms with Gasteiger partial charge in [0, 0.05) is 10.8 Å². The maximum absolute atomic E-state index is 13.3. The van der Waals surface area contributed by atoms with Crippen molar-refractivity contribution in [1.82, 2.24) is 0 Å². The molecule has 92 valence electrons. The molecular formula is C12H13FO3S. The van der Waals surface area contributed by atoms with E-state index in [1.54, 1.807) is 0 Å². The second kappa shape index (κ2) is 5.63. The molecule has 5 heteroatoms. The fourth-order valence-electron chi connectivity index (χ4n) is 1.30.